The number of hydrogen-bond acceptors (Lipinski definition) is 3. The molecule has 1 heterocycles. The summed E-state index contributed by atoms with van der Waals surface area (Å²) in [5.74, 6) is 0. The minimum atomic E-state index is -0.335. The first-order valence-electron chi connectivity index (χ1n) is 5.47. The summed E-state index contributed by atoms with van der Waals surface area (Å²) in [5.41, 5.74) is 2.36. The van der Waals surface area contributed by atoms with Crippen molar-refractivity contribution in [2.75, 3.05) is 6.54 Å². The molecule has 2 N–H and O–H groups in total. The van der Waals surface area contributed by atoms with Gasteiger partial charge in [0.25, 0.3) is 0 Å². The van der Waals surface area contributed by atoms with Crippen LogP contribution in [0.15, 0.2) is 0 Å². The molecule has 0 saturated carbocycles. The minimum Gasteiger partial charge on any atom is -0.392 e. The van der Waals surface area contributed by atoms with E-state index in [0.717, 1.165) is 33.5 Å². The van der Waals surface area contributed by atoms with Gasteiger partial charge in [-0.05, 0) is 31.7 Å². The van der Waals surface area contributed by atoms with Crippen LogP contribution in [0.3, 0.4) is 0 Å². The van der Waals surface area contributed by atoms with Crippen molar-refractivity contribution in [2.24, 2.45) is 0 Å². The summed E-state index contributed by atoms with van der Waals surface area (Å²) >= 11 is 13.8. The number of aliphatic hydroxyl groups excluding tert-OH is 1. The van der Waals surface area contributed by atoms with Crippen LogP contribution in [0, 0.1) is 0 Å². The van der Waals surface area contributed by atoms with Crippen LogP contribution < -0.4 is 5.32 Å². The lowest BCUT2D eigenvalue weighted by molar-refractivity contribution is 0.184. The van der Waals surface area contributed by atoms with Gasteiger partial charge in [0.2, 0.25) is 0 Å². The lowest BCUT2D eigenvalue weighted by Crippen LogP contribution is -2.30. The Morgan fingerprint density at radius 2 is 2.25 bits per heavy atom. The molecule has 2 nitrogen and oxygen atoms in total. The van der Waals surface area contributed by atoms with Crippen molar-refractivity contribution in [3.8, 4) is 0 Å². The second-order valence-corrected chi connectivity index (χ2v) is 6.47. The van der Waals surface area contributed by atoms with Crippen LogP contribution in [0.2, 0.25) is 8.67 Å². The largest absolute Gasteiger partial charge is 0.392 e. The summed E-state index contributed by atoms with van der Waals surface area (Å²) in [7, 11) is 0. The summed E-state index contributed by atoms with van der Waals surface area (Å²) in [6.07, 6.45) is 2.87. The van der Waals surface area contributed by atoms with Crippen molar-refractivity contribution in [1.82, 2.24) is 5.32 Å². The molecule has 1 unspecified atom stereocenters. The highest BCUT2D eigenvalue weighted by molar-refractivity contribution is 7.20. The quantitative estimate of drug-likeness (QED) is 0.889. The monoisotopic (exact) mass is 279 g/mol. The molecule has 2 atom stereocenters. The summed E-state index contributed by atoms with van der Waals surface area (Å²) in [5, 5.41) is 12.6. The molecule has 0 aromatic carbocycles. The number of fused-ring (bicyclic) bond motifs is 1. The number of hydrogen-bond donors (Lipinski definition) is 2. The van der Waals surface area contributed by atoms with E-state index in [1.165, 1.54) is 16.9 Å². The van der Waals surface area contributed by atoms with Crippen LogP contribution >= 0.6 is 34.5 Å². The Labute approximate surface area is 110 Å². The summed E-state index contributed by atoms with van der Waals surface area (Å²) in [6.45, 7) is 2.37. The summed E-state index contributed by atoms with van der Waals surface area (Å²) in [4.78, 5) is 0. The van der Waals surface area contributed by atoms with Gasteiger partial charge in [0, 0.05) is 18.2 Å². The number of aliphatic hydroxyl groups is 1. The minimum absolute atomic E-state index is 0.245. The van der Waals surface area contributed by atoms with Gasteiger partial charge in [-0.2, -0.15) is 0 Å². The lowest BCUT2D eigenvalue weighted by Gasteiger charge is -2.25. The number of halogens is 2. The Kier molecular flexibility index (Phi) is 4.14. The maximum atomic E-state index is 9.29. The van der Waals surface area contributed by atoms with Gasteiger partial charge in [0.05, 0.1) is 14.8 Å². The molecule has 1 aromatic rings. The van der Waals surface area contributed by atoms with E-state index >= 15 is 0 Å². The predicted molar refractivity (Wildman–Crippen MR) is 69.7 cm³/mol. The van der Waals surface area contributed by atoms with E-state index in [4.69, 9.17) is 23.2 Å². The van der Waals surface area contributed by atoms with Crippen molar-refractivity contribution in [1.29, 1.82) is 0 Å². The zero-order valence-corrected chi connectivity index (χ0v) is 11.4. The molecule has 0 bridgehead atoms. The lowest BCUT2D eigenvalue weighted by atomic mass is 9.91. The van der Waals surface area contributed by atoms with Gasteiger partial charge in [0.1, 0.15) is 0 Å². The average molecular weight is 280 g/mol. The van der Waals surface area contributed by atoms with E-state index in [2.05, 4.69) is 5.32 Å². The third-order valence-corrected chi connectivity index (χ3v) is 4.60. The van der Waals surface area contributed by atoms with Crippen LogP contribution in [0.4, 0.5) is 0 Å². The van der Waals surface area contributed by atoms with Crippen LogP contribution in [-0.2, 0) is 6.42 Å². The zero-order chi connectivity index (χ0) is 11.7. The average Bonchev–Trinajstić information content (AvgIpc) is 2.52. The summed E-state index contributed by atoms with van der Waals surface area (Å²) < 4.78 is 1.62. The van der Waals surface area contributed by atoms with Crippen LogP contribution in [0.1, 0.15) is 36.9 Å². The van der Waals surface area contributed by atoms with E-state index in [1.54, 1.807) is 6.92 Å². The van der Waals surface area contributed by atoms with Gasteiger partial charge in [-0.1, -0.05) is 23.2 Å². The highest BCUT2D eigenvalue weighted by Gasteiger charge is 2.26. The third-order valence-electron chi connectivity index (χ3n) is 2.88. The summed E-state index contributed by atoms with van der Waals surface area (Å²) in [6, 6.07) is 0.245. The molecule has 1 aliphatic rings. The second kappa shape index (κ2) is 5.23. The fourth-order valence-electron chi connectivity index (χ4n) is 2.14. The Morgan fingerprint density at radius 3 is 2.94 bits per heavy atom. The maximum absolute atomic E-state index is 9.29. The fraction of sp³-hybridized carbons (Fsp3) is 0.636. The van der Waals surface area contributed by atoms with Gasteiger partial charge in [-0.3, -0.25) is 0 Å². The van der Waals surface area contributed by atoms with Crippen LogP contribution in [0.25, 0.3) is 0 Å². The van der Waals surface area contributed by atoms with Gasteiger partial charge in [0.15, 0.2) is 0 Å². The number of rotatable bonds is 3. The molecular weight excluding hydrogens is 265 g/mol. The van der Waals surface area contributed by atoms with Crippen LogP contribution in [-0.4, -0.2) is 17.8 Å². The van der Waals surface area contributed by atoms with E-state index in [1.807, 2.05) is 0 Å². The SMILES string of the molecule is C[C@H](O)CNC1CCCc2c(Cl)sc(Cl)c21. The van der Waals surface area contributed by atoms with E-state index in [9.17, 15) is 5.11 Å². The Morgan fingerprint density at radius 1 is 1.50 bits per heavy atom. The van der Waals surface area contributed by atoms with Gasteiger partial charge in [-0.25, -0.2) is 0 Å². The molecule has 1 aromatic heterocycles. The Balaban J connectivity index is 2.19. The van der Waals surface area contributed by atoms with E-state index in [-0.39, 0.29) is 12.1 Å². The van der Waals surface area contributed by atoms with Gasteiger partial charge >= 0.3 is 0 Å². The standard InChI is InChI=1S/C11H15Cl2NOS/c1-6(15)5-14-8-4-2-3-7-9(8)11(13)16-10(7)12/h6,8,14-15H,2-5H2,1H3/t6-,8?/m0/s1. The topological polar surface area (TPSA) is 32.3 Å². The van der Waals surface area contributed by atoms with Crippen molar-refractivity contribution < 1.29 is 5.11 Å². The van der Waals surface area contributed by atoms with Gasteiger partial charge in [-0.15, -0.1) is 11.3 Å². The first-order chi connectivity index (χ1) is 7.59. The second-order valence-electron chi connectivity index (χ2n) is 4.24. The molecule has 0 spiro atoms. The van der Waals surface area contributed by atoms with Crippen molar-refractivity contribution in [3.05, 3.63) is 19.8 Å². The molecule has 0 radical (unpaired) electrons. The molecule has 5 heteroatoms. The van der Waals surface area contributed by atoms with Gasteiger partial charge < -0.3 is 10.4 Å². The normalized spacial score (nSPS) is 21.9. The predicted octanol–water partition coefficient (Wildman–Crippen LogP) is 3.40. The maximum Gasteiger partial charge on any atom is 0.0994 e. The first-order valence-corrected chi connectivity index (χ1v) is 7.05. The molecule has 2 rings (SSSR count). The Bertz CT molecular complexity index is 378. The van der Waals surface area contributed by atoms with E-state index < -0.39 is 0 Å². The van der Waals surface area contributed by atoms with Crippen LogP contribution in [0.5, 0.6) is 0 Å². The van der Waals surface area contributed by atoms with Crippen molar-refractivity contribution >= 4 is 34.5 Å². The van der Waals surface area contributed by atoms with Crippen molar-refractivity contribution in [2.45, 2.75) is 38.3 Å². The Hall–Kier alpha value is 0.200. The highest BCUT2D eigenvalue weighted by atomic mass is 35.5. The molecule has 0 saturated heterocycles. The molecule has 90 valence electrons. The number of nitrogens with one attached hydrogen (secondary N) is 1. The zero-order valence-electron chi connectivity index (χ0n) is 9.09. The number of thiophene rings is 1. The van der Waals surface area contributed by atoms with E-state index in [0.29, 0.717) is 6.54 Å². The third kappa shape index (κ3) is 2.54. The molecule has 16 heavy (non-hydrogen) atoms. The molecule has 0 aliphatic heterocycles. The first kappa shape index (κ1) is 12.7. The molecule has 0 fully saturated rings. The molecule has 0 amide bonds. The molecule has 1 aliphatic carbocycles. The highest BCUT2D eigenvalue weighted by Crippen LogP contribution is 2.44. The fourth-order valence-corrected chi connectivity index (χ4v) is 4.04. The van der Waals surface area contributed by atoms with Crippen molar-refractivity contribution in [3.63, 3.8) is 0 Å². The molecular formula is C11H15Cl2NOS. The smallest absolute Gasteiger partial charge is 0.0994 e.